The third kappa shape index (κ3) is 2.52. The van der Waals surface area contributed by atoms with Crippen LogP contribution in [0.25, 0.3) is 10.9 Å². The van der Waals surface area contributed by atoms with Crippen LogP contribution in [-0.4, -0.2) is 26.6 Å². The van der Waals surface area contributed by atoms with Crippen molar-refractivity contribution in [2.75, 3.05) is 5.33 Å². The van der Waals surface area contributed by atoms with Gasteiger partial charge in [0.1, 0.15) is 6.10 Å². The van der Waals surface area contributed by atoms with Gasteiger partial charge in [-0.2, -0.15) is 0 Å². The second-order valence-electron chi connectivity index (χ2n) is 5.58. The van der Waals surface area contributed by atoms with Gasteiger partial charge in [-0.3, -0.25) is 0 Å². The van der Waals surface area contributed by atoms with E-state index in [0.717, 1.165) is 23.9 Å². The number of rotatable bonds is 4. The monoisotopic (exact) mass is 337 g/mol. The average Bonchev–Trinajstić information content (AvgIpc) is 2.84. The first kappa shape index (κ1) is 14.1. The molecule has 2 aromatic rings. The van der Waals surface area contributed by atoms with Gasteiger partial charge in [0.25, 0.3) is 0 Å². The van der Waals surface area contributed by atoms with Crippen LogP contribution >= 0.6 is 15.9 Å². The summed E-state index contributed by atoms with van der Waals surface area (Å²) in [5, 5.41) is 22.1. The van der Waals surface area contributed by atoms with Crippen LogP contribution in [0.15, 0.2) is 18.2 Å². The van der Waals surface area contributed by atoms with E-state index < -0.39 is 12.2 Å². The summed E-state index contributed by atoms with van der Waals surface area (Å²) in [5.74, 6) is 0. The van der Waals surface area contributed by atoms with Crippen LogP contribution in [0.1, 0.15) is 42.2 Å². The predicted octanol–water partition coefficient (Wildman–Crippen LogP) is 3.23. The number of hydrogen-bond donors (Lipinski definition) is 3. The van der Waals surface area contributed by atoms with Crippen molar-refractivity contribution in [1.29, 1.82) is 0 Å². The molecule has 4 heteroatoms. The third-order valence-electron chi connectivity index (χ3n) is 4.23. The molecule has 2 atom stereocenters. The second kappa shape index (κ2) is 5.88. The van der Waals surface area contributed by atoms with Crippen molar-refractivity contribution in [2.24, 2.45) is 0 Å². The van der Waals surface area contributed by atoms with Gasteiger partial charge in [0.05, 0.1) is 6.10 Å². The molecule has 3 N–H and O–H groups in total. The normalized spacial score (nSPS) is 17.9. The van der Waals surface area contributed by atoms with E-state index in [9.17, 15) is 10.2 Å². The van der Waals surface area contributed by atoms with E-state index in [1.54, 1.807) is 0 Å². The lowest BCUT2D eigenvalue weighted by Crippen LogP contribution is -2.18. The Morgan fingerprint density at radius 1 is 1.20 bits per heavy atom. The van der Waals surface area contributed by atoms with Crippen LogP contribution in [0.5, 0.6) is 0 Å². The number of hydrogen-bond acceptors (Lipinski definition) is 2. The van der Waals surface area contributed by atoms with Gasteiger partial charge in [0.2, 0.25) is 0 Å². The predicted molar refractivity (Wildman–Crippen MR) is 84.3 cm³/mol. The van der Waals surface area contributed by atoms with Gasteiger partial charge in [-0.05, 0) is 55.4 Å². The molecule has 0 amide bonds. The van der Waals surface area contributed by atoms with E-state index in [-0.39, 0.29) is 0 Å². The molecule has 0 fully saturated rings. The fourth-order valence-corrected chi connectivity index (χ4v) is 3.57. The van der Waals surface area contributed by atoms with Crippen LogP contribution in [-0.2, 0) is 12.8 Å². The highest BCUT2D eigenvalue weighted by molar-refractivity contribution is 9.09. The highest BCUT2D eigenvalue weighted by atomic mass is 79.9. The SMILES string of the molecule is OC(CCBr)C(O)c1ccc2[nH]c3c(c2c1)CCCC3. The topological polar surface area (TPSA) is 56.2 Å². The van der Waals surface area contributed by atoms with E-state index in [2.05, 4.69) is 20.9 Å². The fraction of sp³-hybridized carbons (Fsp3) is 0.500. The molecule has 1 heterocycles. The third-order valence-corrected chi connectivity index (χ3v) is 4.69. The molecular weight excluding hydrogens is 318 g/mol. The average molecular weight is 338 g/mol. The Morgan fingerprint density at radius 3 is 2.80 bits per heavy atom. The minimum atomic E-state index is -0.814. The molecule has 0 spiro atoms. The maximum absolute atomic E-state index is 10.2. The van der Waals surface area contributed by atoms with Gasteiger partial charge in [-0.1, -0.05) is 22.0 Å². The molecule has 0 bridgehead atoms. The van der Waals surface area contributed by atoms with Crippen LogP contribution in [0.4, 0.5) is 0 Å². The highest BCUT2D eigenvalue weighted by Gasteiger charge is 2.20. The largest absolute Gasteiger partial charge is 0.390 e. The Morgan fingerprint density at radius 2 is 2.00 bits per heavy atom. The van der Waals surface area contributed by atoms with Crippen LogP contribution in [0.3, 0.4) is 0 Å². The van der Waals surface area contributed by atoms with Gasteiger partial charge < -0.3 is 15.2 Å². The Kier molecular flexibility index (Phi) is 4.15. The van der Waals surface area contributed by atoms with Crippen molar-refractivity contribution < 1.29 is 10.2 Å². The first-order valence-corrected chi connectivity index (χ1v) is 8.38. The number of aliphatic hydroxyl groups is 2. The van der Waals surface area contributed by atoms with E-state index in [1.807, 2.05) is 18.2 Å². The van der Waals surface area contributed by atoms with Crippen molar-refractivity contribution >= 4 is 26.8 Å². The number of benzene rings is 1. The minimum absolute atomic E-state index is 0.546. The van der Waals surface area contributed by atoms with Gasteiger partial charge in [-0.25, -0.2) is 0 Å². The zero-order valence-corrected chi connectivity index (χ0v) is 13.0. The standard InChI is InChI=1S/C16H20BrNO2/c17-8-7-15(19)16(20)10-5-6-14-12(9-10)11-3-1-2-4-13(11)18-14/h5-6,9,15-16,18-20H,1-4,7-8H2. The molecule has 1 aliphatic carbocycles. The summed E-state index contributed by atoms with van der Waals surface area (Å²) in [6.45, 7) is 0. The molecule has 20 heavy (non-hydrogen) atoms. The zero-order chi connectivity index (χ0) is 14.1. The molecule has 0 saturated carbocycles. The summed E-state index contributed by atoms with van der Waals surface area (Å²) in [5.41, 5.74) is 4.69. The van der Waals surface area contributed by atoms with E-state index in [4.69, 9.17) is 0 Å². The number of fused-ring (bicyclic) bond motifs is 3. The maximum atomic E-state index is 10.2. The van der Waals surface area contributed by atoms with E-state index >= 15 is 0 Å². The number of aromatic nitrogens is 1. The van der Waals surface area contributed by atoms with Crippen LogP contribution in [0.2, 0.25) is 0 Å². The minimum Gasteiger partial charge on any atom is -0.390 e. The van der Waals surface area contributed by atoms with Crippen LogP contribution < -0.4 is 0 Å². The molecule has 1 aromatic carbocycles. The Hall–Kier alpha value is -0.840. The van der Waals surface area contributed by atoms with Gasteiger partial charge in [-0.15, -0.1) is 0 Å². The van der Waals surface area contributed by atoms with Gasteiger partial charge >= 0.3 is 0 Å². The molecule has 0 aliphatic heterocycles. The molecule has 3 rings (SSSR count). The molecule has 1 aliphatic rings. The molecule has 1 aromatic heterocycles. The maximum Gasteiger partial charge on any atom is 0.105 e. The van der Waals surface area contributed by atoms with Crippen molar-refractivity contribution in [2.45, 2.75) is 44.3 Å². The Bertz CT molecular complexity index is 608. The first-order valence-electron chi connectivity index (χ1n) is 7.26. The lowest BCUT2D eigenvalue weighted by Gasteiger charge is -2.17. The smallest absolute Gasteiger partial charge is 0.105 e. The van der Waals surface area contributed by atoms with Crippen molar-refractivity contribution in [3.63, 3.8) is 0 Å². The lowest BCUT2D eigenvalue weighted by atomic mass is 9.94. The summed E-state index contributed by atoms with van der Waals surface area (Å²) in [6, 6.07) is 5.97. The van der Waals surface area contributed by atoms with E-state index in [0.29, 0.717) is 11.8 Å². The quantitative estimate of drug-likeness (QED) is 0.750. The summed E-state index contributed by atoms with van der Waals surface area (Å²) >= 11 is 3.30. The summed E-state index contributed by atoms with van der Waals surface area (Å²) in [7, 11) is 0. The summed E-state index contributed by atoms with van der Waals surface area (Å²) in [4.78, 5) is 3.48. The Labute approximate surface area is 127 Å². The Balaban J connectivity index is 1.97. The molecule has 2 unspecified atom stereocenters. The van der Waals surface area contributed by atoms with Crippen molar-refractivity contribution in [3.05, 3.63) is 35.0 Å². The molecule has 108 valence electrons. The molecule has 0 radical (unpaired) electrons. The molecular formula is C16H20BrNO2. The van der Waals surface area contributed by atoms with Gasteiger partial charge in [0, 0.05) is 21.9 Å². The van der Waals surface area contributed by atoms with E-state index in [1.165, 1.54) is 29.5 Å². The number of aliphatic hydroxyl groups excluding tert-OH is 2. The summed E-state index contributed by atoms with van der Waals surface area (Å²) < 4.78 is 0. The fourth-order valence-electron chi connectivity index (χ4n) is 3.10. The molecule has 0 saturated heterocycles. The number of H-pyrrole nitrogens is 1. The number of aryl methyl sites for hydroxylation is 2. The first-order chi connectivity index (χ1) is 9.70. The lowest BCUT2D eigenvalue weighted by molar-refractivity contribution is 0.0174. The summed E-state index contributed by atoms with van der Waals surface area (Å²) in [6.07, 6.45) is 3.72. The number of alkyl halides is 1. The van der Waals surface area contributed by atoms with Crippen molar-refractivity contribution in [1.82, 2.24) is 4.98 Å². The number of halogens is 1. The zero-order valence-electron chi connectivity index (χ0n) is 11.4. The number of nitrogens with one attached hydrogen (secondary N) is 1. The second-order valence-corrected chi connectivity index (χ2v) is 6.38. The number of aromatic amines is 1. The van der Waals surface area contributed by atoms with Crippen molar-refractivity contribution in [3.8, 4) is 0 Å². The molecule has 3 nitrogen and oxygen atoms in total. The highest BCUT2D eigenvalue weighted by Crippen LogP contribution is 2.31. The van der Waals surface area contributed by atoms with Gasteiger partial charge in [0.15, 0.2) is 0 Å². The van der Waals surface area contributed by atoms with Crippen LogP contribution in [0, 0.1) is 0 Å².